The van der Waals surface area contributed by atoms with Gasteiger partial charge in [0, 0.05) is 43.7 Å². The minimum absolute atomic E-state index is 0.0364. The summed E-state index contributed by atoms with van der Waals surface area (Å²) in [6.07, 6.45) is 2.76. The van der Waals surface area contributed by atoms with Gasteiger partial charge in [-0.25, -0.2) is 0 Å². The molecule has 5 rings (SSSR count). The lowest BCUT2D eigenvalue weighted by molar-refractivity contribution is -0.143. The molecule has 1 atom stereocenters. The summed E-state index contributed by atoms with van der Waals surface area (Å²) in [7, 11) is 0. The van der Waals surface area contributed by atoms with Crippen molar-refractivity contribution in [2.45, 2.75) is 39.2 Å². The summed E-state index contributed by atoms with van der Waals surface area (Å²) in [5.41, 5.74) is 4.23. The number of carbonyl (C=O) groups excluding carboxylic acids is 2. The van der Waals surface area contributed by atoms with Gasteiger partial charge in [0.05, 0.1) is 12.2 Å². The molecule has 1 aliphatic carbocycles. The third kappa shape index (κ3) is 5.82. The van der Waals surface area contributed by atoms with Gasteiger partial charge in [0.25, 0.3) is 0 Å². The van der Waals surface area contributed by atoms with E-state index in [4.69, 9.17) is 0 Å². The molecule has 0 bridgehead atoms. The maximum atomic E-state index is 13.0. The minimum Gasteiger partial charge on any atom is -0.352 e. The predicted octanol–water partition coefficient (Wildman–Crippen LogP) is 4.50. The third-order valence-corrected chi connectivity index (χ3v) is 7.53. The maximum Gasteiger partial charge on any atom is 0.242 e. The number of rotatable bonds is 8. The number of amides is 2. The zero-order chi connectivity index (χ0) is 25.8. The first-order chi connectivity index (χ1) is 18.0. The Hall–Kier alpha value is -3.74. The van der Waals surface area contributed by atoms with Gasteiger partial charge in [-0.2, -0.15) is 0 Å². The molecule has 2 fully saturated rings. The molecule has 7 heteroatoms. The fraction of sp³-hybridized carbons (Fsp3) is 0.400. The molecular formula is C30H35N5O2. The third-order valence-electron chi connectivity index (χ3n) is 7.53. The highest BCUT2D eigenvalue weighted by molar-refractivity contribution is 5.87. The van der Waals surface area contributed by atoms with E-state index in [0.717, 1.165) is 36.3 Å². The highest BCUT2D eigenvalue weighted by atomic mass is 16.2. The van der Waals surface area contributed by atoms with Crippen LogP contribution in [-0.2, 0) is 9.59 Å². The summed E-state index contributed by atoms with van der Waals surface area (Å²) in [5.74, 6) is 1.13. The zero-order valence-corrected chi connectivity index (χ0v) is 21.7. The first kappa shape index (κ1) is 24.9. The molecule has 2 heterocycles. The van der Waals surface area contributed by atoms with Crippen molar-refractivity contribution in [1.82, 2.24) is 20.0 Å². The van der Waals surface area contributed by atoms with Crippen LogP contribution in [0.4, 0.5) is 5.82 Å². The van der Waals surface area contributed by atoms with Gasteiger partial charge in [-0.1, -0.05) is 61.5 Å². The fourth-order valence-electron chi connectivity index (χ4n) is 4.78. The second-order valence-electron chi connectivity index (χ2n) is 10.1. The normalized spacial score (nSPS) is 16.4. The van der Waals surface area contributed by atoms with Crippen LogP contribution in [-0.4, -0.2) is 70.6 Å². The Kier molecular flexibility index (Phi) is 7.49. The summed E-state index contributed by atoms with van der Waals surface area (Å²) in [5, 5.41) is 8.96. The van der Waals surface area contributed by atoms with Crippen molar-refractivity contribution < 1.29 is 9.59 Å². The first-order valence-corrected chi connectivity index (χ1v) is 13.4. The quantitative estimate of drug-likeness (QED) is 0.459. The monoisotopic (exact) mass is 497 g/mol. The number of benzene rings is 2. The number of aromatic nitrogens is 2. The van der Waals surface area contributed by atoms with Gasteiger partial charge in [-0.05, 0) is 49.4 Å². The van der Waals surface area contributed by atoms with E-state index in [9.17, 15) is 9.59 Å². The van der Waals surface area contributed by atoms with Crippen molar-refractivity contribution >= 4 is 17.6 Å². The molecule has 1 saturated heterocycles. The number of piperazine rings is 1. The minimum atomic E-state index is 0.0364. The van der Waals surface area contributed by atoms with Crippen LogP contribution in [0.2, 0.25) is 0 Å². The number of nitrogens with zero attached hydrogens (tertiary/aromatic N) is 5. The fourth-order valence-corrected chi connectivity index (χ4v) is 4.78. The van der Waals surface area contributed by atoms with Crippen molar-refractivity contribution in [3.05, 3.63) is 66.7 Å². The second kappa shape index (κ2) is 11.1. The Morgan fingerprint density at radius 3 is 2.11 bits per heavy atom. The predicted molar refractivity (Wildman–Crippen MR) is 146 cm³/mol. The van der Waals surface area contributed by atoms with E-state index in [0.29, 0.717) is 26.2 Å². The van der Waals surface area contributed by atoms with Gasteiger partial charge in [-0.3, -0.25) is 9.59 Å². The molecule has 1 aliphatic heterocycles. The molecule has 0 N–H and O–H groups in total. The van der Waals surface area contributed by atoms with Gasteiger partial charge in [0.15, 0.2) is 5.82 Å². The summed E-state index contributed by atoms with van der Waals surface area (Å²) >= 11 is 0. The van der Waals surface area contributed by atoms with Crippen molar-refractivity contribution in [1.29, 1.82) is 0 Å². The molecule has 2 amide bonds. The molecule has 1 saturated carbocycles. The molecule has 1 aromatic heterocycles. The smallest absolute Gasteiger partial charge is 0.242 e. The molecule has 7 nitrogen and oxygen atoms in total. The molecular weight excluding hydrogens is 462 g/mol. The van der Waals surface area contributed by atoms with E-state index >= 15 is 0 Å². The summed E-state index contributed by atoms with van der Waals surface area (Å²) in [4.78, 5) is 31.6. The van der Waals surface area contributed by atoms with Crippen LogP contribution in [0.15, 0.2) is 66.7 Å². The van der Waals surface area contributed by atoms with Gasteiger partial charge < -0.3 is 14.7 Å². The zero-order valence-electron chi connectivity index (χ0n) is 21.7. The summed E-state index contributed by atoms with van der Waals surface area (Å²) < 4.78 is 0. The van der Waals surface area contributed by atoms with Crippen molar-refractivity contribution in [3.8, 4) is 22.4 Å². The van der Waals surface area contributed by atoms with Crippen LogP contribution >= 0.6 is 0 Å². The highest BCUT2D eigenvalue weighted by Gasteiger charge is 2.36. The lowest BCUT2D eigenvalue weighted by atomic mass is 10.0. The summed E-state index contributed by atoms with van der Waals surface area (Å²) in [6, 6.07) is 22.8. The average Bonchev–Trinajstić information content (AvgIpc) is 3.82. The van der Waals surface area contributed by atoms with Crippen molar-refractivity contribution in [3.63, 3.8) is 0 Å². The lowest BCUT2D eigenvalue weighted by Gasteiger charge is -2.37. The lowest BCUT2D eigenvalue weighted by Crippen LogP contribution is -2.53. The van der Waals surface area contributed by atoms with Gasteiger partial charge in [-0.15, -0.1) is 10.2 Å². The topological polar surface area (TPSA) is 69.6 Å². The number of hydrogen-bond acceptors (Lipinski definition) is 5. The van der Waals surface area contributed by atoms with Crippen molar-refractivity contribution in [2.75, 3.05) is 37.6 Å². The standard InChI is InChI=1S/C30H35N5O2/c1-3-22(2)35(30(37)26-13-14-26)21-29(36)34-19-17-33(18-20-34)28-16-15-27(31-32-28)25-11-9-24(10-12-25)23-7-5-4-6-8-23/h4-12,15-16,22,26H,3,13-14,17-21H2,1-2H3. The van der Waals surface area contributed by atoms with E-state index in [1.54, 1.807) is 4.90 Å². The molecule has 0 spiro atoms. The van der Waals surface area contributed by atoms with Gasteiger partial charge in [0.1, 0.15) is 0 Å². The number of carbonyl (C=O) groups is 2. The second-order valence-corrected chi connectivity index (χ2v) is 10.1. The van der Waals surface area contributed by atoms with Gasteiger partial charge in [0.2, 0.25) is 11.8 Å². The number of hydrogen-bond donors (Lipinski definition) is 0. The Balaban J connectivity index is 1.16. The van der Waals surface area contributed by atoms with Crippen molar-refractivity contribution in [2.24, 2.45) is 5.92 Å². The molecule has 2 aromatic carbocycles. The van der Waals surface area contributed by atoms with Crippen LogP contribution in [0.3, 0.4) is 0 Å². The van der Waals surface area contributed by atoms with Crippen LogP contribution in [0.5, 0.6) is 0 Å². The van der Waals surface area contributed by atoms with Gasteiger partial charge >= 0.3 is 0 Å². The average molecular weight is 498 g/mol. The van der Waals surface area contributed by atoms with Crippen LogP contribution < -0.4 is 4.90 Å². The van der Waals surface area contributed by atoms with E-state index < -0.39 is 0 Å². The van der Waals surface area contributed by atoms with E-state index in [2.05, 4.69) is 58.4 Å². The van der Waals surface area contributed by atoms with E-state index in [1.807, 2.05) is 42.2 Å². The van der Waals surface area contributed by atoms with E-state index in [-0.39, 0.29) is 30.3 Å². The Bertz CT molecular complexity index is 1200. The first-order valence-electron chi connectivity index (χ1n) is 13.4. The number of anilines is 1. The molecule has 0 radical (unpaired) electrons. The van der Waals surface area contributed by atoms with E-state index in [1.165, 1.54) is 11.1 Å². The Labute approximate surface area is 219 Å². The Morgan fingerprint density at radius 2 is 1.51 bits per heavy atom. The SMILES string of the molecule is CCC(C)N(CC(=O)N1CCN(c2ccc(-c3ccc(-c4ccccc4)cc3)nn2)CC1)C(=O)C1CC1. The van der Waals surface area contributed by atoms with Crippen LogP contribution in [0.1, 0.15) is 33.1 Å². The molecule has 2 aliphatic rings. The molecule has 1 unspecified atom stereocenters. The highest BCUT2D eigenvalue weighted by Crippen LogP contribution is 2.32. The van der Waals surface area contributed by atoms with Crippen LogP contribution in [0, 0.1) is 5.92 Å². The molecule has 3 aromatic rings. The maximum absolute atomic E-state index is 13.0. The summed E-state index contributed by atoms with van der Waals surface area (Å²) in [6.45, 7) is 6.92. The largest absolute Gasteiger partial charge is 0.352 e. The van der Waals surface area contributed by atoms with Crippen LogP contribution in [0.25, 0.3) is 22.4 Å². The Morgan fingerprint density at radius 1 is 0.865 bits per heavy atom. The molecule has 37 heavy (non-hydrogen) atoms. The molecule has 192 valence electrons.